The number of nitriles is 1. The first-order chi connectivity index (χ1) is 9.21. The molecule has 0 aliphatic carbocycles. The summed E-state index contributed by atoms with van der Waals surface area (Å²) in [7, 11) is 0. The smallest absolute Gasteiger partial charge is 0.251 e. The Balaban J connectivity index is 2.27. The van der Waals surface area contributed by atoms with Crippen LogP contribution < -0.4 is 5.56 Å². The molecule has 2 aromatic rings. The number of nitrogens with zero attached hydrogens (tertiary/aromatic N) is 2. The molecule has 1 aromatic heterocycles. The van der Waals surface area contributed by atoms with Gasteiger partial charge in [-0.1, -0.05) is 31.2 Å². The van der Waals surface area contributed by atoms with E-state index in [9.17, 15) is 4.79 Å². The van der Waals surface area contributed by atoms with Crippen LogP contribution in [0.1, 0.15) is 24.6 Å². The van der Waals surface area contributed by atoms with Crippen molar-refractivity contribution in [2.75, 3.05) is 0 Å². The summed E-state index contributed by atoms with van der Waals surface area (Å²) >= 11 is 1.35. The molecular weight excluding hydrogens is 258 g/mol. The molecule has 0 unspecified atom stereocenters. The first-order valence-electron chi connectivity index (χ1n) is 5.99. The molecule has 1 N–H and O–H groups in total. The lowest BCUT2D eigenvalue weighted by molar-refractivity contribution is 0.816. The van der Waals surface area contributed by atoms with E-state index in [1.54, 1.807) is 12.1 Å². The van der Waals surface area contributed by atoms with Crippen molar-refractivity contribution in [2.24, 2.45) is 0 Å². The van der Waals surface area contributed by atoms with E-state index in [2.05, 4.69) is 16.0 Å². The van der Waals surface area contributed by atoms with Crippen molar-refractivity contribution in [1.29, 1.82) is 5.26 Å². The van der Waals surface area contributed by atoms with E-state index in [4.69, 9.17) is 5.26 Å². The Bertz CT molecular complexity index is 673. The molecule has 4 nitrogen and oxygen atoms in total. The highest BCUT2D eigenvalue weighted by atomic mass is 32.2. The number of nitrogens with one attached hydrogen (secondary N) is 1. The Morgan fingerprint density at radius 1 is 1.42 bits per heavy atom. The molecule has 0 radical (unpaired) electrons. The van der Waals surface area contributed by atoms with Gasteiger partial charge in [-0.3, -0.25) is 4.79 Å². The van der Waals surface area contributed by atoms with Gasteiger partial charge in [0.05, 0.1) is 11.6 Å². The molecule has 0 aliphatic heterocycles. The highest BCUT2D eigenvalue weighted by molar-refractivity contribution is 7.99. The molecule has 0 spiro atoms. The van der Waals surface area contributed by atoms with Crippen molar-refractivity contribution in [3.05, 3.63) is 51.9 Å². The lowest BCUT2D eigenvalue weighted by atomic mass is 10.2. The van der Waals surface area contributed by atoms with E-state index >= 15 is 0 Å². The molecule has 0 saturated heterocycles. The summed E-state index contributed by atoms with van der Waals surface area (Å²) in [6.07, 6.45) is 1.74. The standard InChI is InChI=1S/C14H13N3OS/c1-2-4-11-8-13(18)17-14(16-11)19-12-6-3-5-10(7-12)9-15/h3,5-8H,2,4H2,1H3,(H,16,17,18). The van der Waals surface area contributed by atoms with Gasteiger partial charge in [-0.2, -0.15) is 5.26 Å². The van der Waals surface area contributed by atoms with Crippen LogP contribution in [0.15, 0.2) is 45.2 Å². The third-order valence-corrected chi connectivity index (χ3v) is 3.33. The van der Waals surface area contributed by atoms with Gasteiger partial charge in [-0.25, -0.2) is 4.98 Å². The van der Waals surface area contributed by atoms with Crippen LogP contribution in [-0.4, -0.2) is 9.97 Å². The van der Waals surface area contributed by atoms with Gasteiger partial charge >= 0.3 is 0 Å². The second kappa shape index (κ2) is 6.21. The molecule has 19 heavy (non-hydrogen) atoms. The fourth-order valence-corrected chi connectivity index (χ4v) is 2.53. The van der Waals surface area contributed by atoms with Gasteiger partial charge in [0.2, 0.25) is 0 Å². The number of rotatable bonds is 4. The van der Waals surface area contributed by atoms with Crippen LogP contribution in [0.3, 0.4) is 0 Å². The summed E-state index contributed by atoms with van der Waals surface area (Å²) in [5, 5.41) is 9.41. The van der Waals surface area contributed by atoms with E-state index in [1.165, 1.54) is 17.8 Å². The third-order valence-electron chi connectivity index (χ3n) is 2.46. The SMILES string of the molecule is CCCc1cc(=O)[nH]c(Sc2cccc(C#N)c2)n1. The minimum atomic E-state index is -0.141. The van der Waals surface area contributed by atoms with Crippen molar-refractivity contribution in [2.45, 2.75) is 29.8 Å². The van der Waals surface area contributed by atoms with Crippen molar-refractivity contribution in [1.82, 2.24) is 9.97 Å². The second-order valence-electron chi connectivity index (χ2n) is 4.03. The zero-order chi connectivity index (χ0) is 13.7. The zero-order valence-corrected chi connectivity index (χ0v) is 11.3. The summed E-state index contributed by atoms with van der Waals surface area (Å²) in [6.45, 7) is 2.05. The average Bonchev–Trinajstić information content (AvgIpc) is 2.38. The number of hydrogen-bond donors (Lipinski definition) is 1. The Hall–Kier alpha value is -2.06. The lowest BCUT2D eigenvalue weighted by Crippen LogP contribution is -2.09. The fraction of sp³-hybridized carbons (Fsp3) is 0.214. The van der Waals surface area contributed by atoms with E-state index < -0.39 is 0 Å². The molecule has 0 amide bonds. The van der Waals surface area contributed by atoms with Gasteiger partial charge < -0.3 is 4.98 Å². The van der Waals surface area contributed by atoms with Gasteiger partial charge in [0, 0.05) is 16.7 Å². The summed E-state index contributed by atoms with van der Waals surface area (Å²) in [4.78, 5) is 19.5. The first kappa shape index (κ1) is 13.4. The quantitative estimate of drug-likeness (QED) is 0.868. The van der Waals surface area contributed by atoms with Crippen LogP contribution in [0.2, 0.25) is 0 Å². The van der Waals surface area contributed by atoms with Crippen LogP contribution in [-0.2, 0) is 6.42 Å². The van der Waals surface area contributed by atoms with E-state index in [-0.39, 0.29) is 5.56 Å². The fourth-order valence-electron chi connectivity index (χ4n) is 1.66. The van der Waals surface area contributed by atoms with Crippen molar-refractivity contribution in [3.8, 4) is 6.07 Å². The highest BCUT2D eigenvalue weighted by Gasteiger charge is 2.04. The lowest BCUT2D eigenvalue weighted by Gasteiger charge is -2.03. The van der Waals surface area contributed by atoms with Crippen LogP contribution in [0.25, 0.3) is 0 Å². The second-order valence-corrected chi connectivity index (χ2v) is 5.10. The van der Waals surface area contributed by atoms with E-state index in [0.29, 0.717) is 10.7 Å². The predicted molar refractivity (Wildman–Crippen MR) is 74.1 cm³/mol. The normalized spacial score (nSPS) is 10.1. The van der Waals surface area contributed by atoms with E-state index in [1.807, 2.05) is 19.1 Å². The van der Waals surface area contributed by atoms with Gasteiger partial charge in [-0.05, 0) is 24.6 Å². The highest BCUT2D eigenvalue weighted by Crippen LogP contribution is 2.24. The van der Waals surface area contributed by atoms with Crippen molar-refractivity contribution < 1.29 is 0 Å². The van der Waals surface area contributed by atoms with Crippen molar-refractivity contribution >= 4 is 11.8 Å². The largest absolute Gasteiger partial charge is 0.301 e. The number of aryl methyl sites for hydroxylation is 1. The molecule has 0 saturated carbocycles. The number of aromatic amines is 1. The molecule has 96 valence electrons. The molecule has 0 fully saturated rings. The topological polar surface area (TPSA) is 69.5 Å². The molecule has 0 atom stereocenters. The first-order valence-corrected chi connectivity index (χ1v) is 6.81. The van der Waals surface area contributed by atoms with Gasteiger partial charge in [0.15, 0.2) is 5.16 Å². The summed E-state index contributed by atoms with van der Waals surface area (Å²) in [6, 6.07) is 10.8. The summed E-state index contributed by atoms with van der Waals surface area (Å²) in [5.74, 6) is 0. The molecule has 0 aliphatic rings. The number of benzene rings is 1. The molecular formula is C14H13N3OS. The minimum absolute atomic E-state index is 0.141. The van der Waals surface area contributed by atoms with Crippen molar-refractivity contribution in [3.63, 3.8) is 0 Å². The summed E-state index contributed by atoms with van der Waals surface area (Å²) in [5.41, 5.74) is 1.25. The van der Waals surface area contributed by atoms with Gasteiger partial charge in [-0.15, -0.1) is 0 Å². The van der Waals surface area contributed by atoms with Gasteiger partial charge in [0.25, 0.3) is 5.56 Å². The van der Waals surface area contributed by atoms with Crippen LogP contribution in [0.4, 0.5) is 0 Å². The van der Waals surface area contributed by atoms with Crippen LogP contribution >= 0.6 is 11.8 Å². The Kier molecular flexibility index (Phi) is 4.37. The maximum absolute atomic E-state index is 11.5. The summed E-state index contributed by atoms with van der Waals surface area (Å²) < 4.78 is 0. The maximum Gasteiger partial charge on any atom is 0.251 e. The third kappa shape index (κ3) is 3.70. The monoisotopic (exact) mass is 271 g/mol. The average molecular weight is 271 g/mol. The van der Waals surface area contributed by atoms with E-state index in [0.717, 1.165) is 23.4 Å². The predicted octanol–water partition coefficient (Wildman–Crippen LogP) is 2.75. The molecule has 2 rings (SSSR count). The Labute approximate surface area is 115 Å². The molecule has 1 aromatic carbocycles. The molecule has 5 heteroatoms. The number of aromatic nitrogens is 2. The van der Waals surface area contributed by atoms with Crippen LogP contribution in [0, 0.1) is 11.3 Å². The Morgan fingerprint density at radius 2 is 2.26 bits per heavy atom. The maximum atomic E-state index is 11.5. The number of hydrogen-bond acceptors (Lipinski definition) is 4. The zero-order valence-electron chi connectivity index (χ0n) is 10.5. The van der Waals surface area contributed by atoms with Gasteiger partial charge in [0.1, 0.15) is 0 Å². The Morgan fingerprint density at radius 3 is 3.00 bits per heavy atom. The molecule has 0 bridgehead atoms. The minimum Gasteiger partial charge on any atom is -0.301 e. The van der Waals surface area contributed by atoms with Crippen LogP contribution in [0.5, 0.6) is 0 Å². The number of H-pyrrole nitrogens is 1. The molecule has 1 heterocycles.